The van der Waals surface area contributed by atoms with Crippen LogP contribution in [0, 0.1) is 5.92 Å². The maximum absolute atomic E-state index is 11.6. The lowest BCUT2D eigenvalue weighted by Crippen LogP contribution is -2.26. The van der Waals surface area contributed by atoms with Crippen molar-refractivity contribution in [2.45, 2.75) is 57.6 Å². The summed E-state index contributed by atoms with van der Waals surface area (Å²) in [6.07, 6.45) is 8.35. The van der Waals surface area contributed by atoms with E-state index in [1.54, 1.807) is 0 Å². The van der Waals surface area contributed by atoms with Crippen molar-refractivity contribution in [3.63, 3.8) is 0 Å². The van der Waals surface area contributed by atoms with Crippen molar-refractivity contribution in [1.29, 1.82) is 0 Å². The summed E-state index contributed by atoms with van der Waals surface area (Å²) in [5.41, 5.74) is 0. The van der Waals surface area contributed by atoms with E-state index in [0.29, 0.717) is 5.92 Å². The van der Waals surface area contributed by atoms with Crippen LogP contribution in [0.15, 0.2) is 4.40 Å². The molecule has 0 spiro atoms. The predicted molar refractivity (Wildman–Crippen MR) is 63.0 cm³/mol. The zero-order valence-electron chi connectivity index (χ0n) is 9.45. The molecule has 0 aromatic carbocycles. The second kappa shape index (κ2) is 5.17. The molecule has 0 heterocycles. The van der Waals surface area contributed by atoms with E-state index in [1.807, 2.05) is 27.0 Å². The van der Waals surface area contributed by atoms with Crippen LogP contribution in [0.4, 0.5) is 0 Å². The molecule has 14 heavy (non-hydrogen) atoms. The van der Waals surface area contributed by atoms with Gasteiger partial charge in [0.2, 0.25) is 0 Å². The third-order valence-corrected chi connectivity index (χ3v) is 3.90. The summed E-state index contributed by atoms with van der Waals surface area (Å²) in [7, 11) is 0. The number of nitrogens with zero attached hydrogens (tertiary/aromatic N) is 1. The van der Waals surface area contributed by atoms with Crippen LogP contribution < -0.4 is 0 Å². The lowest BCUT2D eigenvalue weighted by atomic mass is 9.90. The van der Waals surface area contributed by atoms with E-state index in [9.17, 15) is 4.55 Å². The summed E-state index contributed by atoms with van der Waals surface area (Å²) in [4.78, 5) is 0. The largest absolute Gasteiger partial charge is 0.591 e. The summed E-state index contributed by atoms with van der Waals surface area (Å²) in [5, 5.41) is 0. The van der Waals surface area contributed by atoms with E-state index in [4.69, 9.17) is 0 Å². The highest BCUT2D eigenvalue weighted by molar-refractivity contribution is 7.91. The Balaban J connectivity index is 2.38. The number of hydrogen-bond donors (Lipinski definition) is 0. The van der Waals surface area contributed by atoms with Crippen molar-refractivity contribution >= 4 is 17.6 Å². The van der Waals surface area contributed by atoms with E-state index >= 15 is 0 Å². The fourth-order valence-electron chi connectivity index (χ4n) is 1.58. The van der Waals surface area contributed by atoms with Crippen molar-refractivity contribution in [2.75, 3.05) is 0 Å². The van der Waals surface area contributed by atoms with E-state index in [1.165, 1.54) is 32.1 Å². The minimum Gasteiger partial charge on any atom is -0.591 e. The standard InChI is InChI=1S/C11H21NOS/c1-11(2,3)14(13)12-9-10-7-5-4-6-8-10/h9-10H,4-8H2,1-3H3/b12-9+/t14-/m0/s1. The summed E-state index contributed by atoms with van der Waals surface area (Å²) in [6, 6.07) is 0. The van der Waals surface area contributed by atoms with Crippen molar-refractivity contribution in [3.8, 4) is 0 Å². The molecular weight excluding hydrogens is 194 g/mol. The summed E-state index contributed by atoms with van der Waals surface area (Å²) in [5.74, 6) is 0.579. The van der Waals surface area contributed by atoms with Gasteiger partial charge >= 0.3 is 0 Å². The fraction of sp³-hybridized carbons (Fsp3) is 0.909. The molecule has 82 valence electrons. The van der Waals surface area contributed by atoms with Crippen LogP contribution in [-0.4, -0.2) is 15.5 Å². The highest BCUT2D eigenvalue weighted by Crippen LogP contribution is 2.23. The van der Waals surface area contributed by atoms with E-state index in [-0.39, 0.29) is 4.75 Å². The molecule has 3 heteroatoms. The summed E-state index contributed by atoms with van der Waals surface area (Å²) in [6.45, 7) is 5.88. The van der Waals surface area contributed by atoms with Gasteiger partial charge in [-0.2, -0.15) is 0 Å². The van der Waals surface area contributed by atoms with Crippen LogP contribution in [0.5, 0.6) is 0 Å². The first-order valence-electron chi connectivity index (χ1n) is 5.46. The molecular formula is C11H21NOS. The molecule has 1 rings (SSSR count). The van der Waals surface area contributed by atoms with Gasteiger partial charge in [0.15, 0.2) is 0 Å². The second-order valence-electron chi connectivity index (χ2n) is 5.01. The van der Waals surface area contributed by atoms with Crippen molar-refractivity contribution < 1.29 is 4.55 Å². The first-order chi connectivity index (χ1) is 6.50. The normalized spacial score (nSPS) is 22.9. The second-order valence-corrected chi connectivity index (χ2v) is 6.95. The third kappa shape index (κ3) is 4.01. The van der Waals surface area contributed by atoms with Gasteiger partial charge in [-0.3, -0.25) is 0 Å². The van der Waals surface area contributed by atoms with Crippen LogP contribution >= 0.6 is 0 Å². The third-order valence-electron chi connectivity index (χ3n) is 2.54. The lowest BCUT2D eigenvalue weighted by molar-refractivity contribution is 0.445. The molecule has 0 radical (unpaired) electrons. The molecule has 0 amide bonds. The van der Waals surface area contributed by atoms with Crippen molar-refractivity contribution in [2.24, 2.45) is 10.3 Å². The lowest BCUT2D eigenvalue weighted by Gasteiger charge is -2.20. The quantitative estimate of drug-likeness (QED) is 0.515. The van der Waals surface area contributed by atoms with Gasteiger partial charge in [0.05, 0.1) is 6.21 Å². The molecule has 0 unspecified atom stereocenters. The Morgan fingerprint density at radius 1 is 1.21 bits per heavy atom. The molecule has 1 aliphatic carbocycles. The molecule has 0 aromatic rings. The maximum atomic E-state index is 11.6. The summed E-state index contributed by atoms with van der Waals surface area (Å²) >= 11 is -1.07. The average Bonchev–Trinajstić information content (AvgIpc) is 2.14. The molecule has 0 aliphatic heterocycles. The van der Waals surface area contributed by atoms with E-state index in [0.717, 1.165) is 0 Å². The molecule has 1 saturated carbocycles. The highest BCUT2D eigenvalue weighted by Gasteiger charge is 2.26. The first-order valence-corrected chi connectivity index (χ1v) is 6.57. The van der Waals surface area contributed by atoms with Crippen LogP contribution in [-0.2, 0) is 11.4 Å². The van der Waals surface area contributed by atoms with Gasteiger partial charge in [-0.05, 0) is 39.5 Å². The summed E-state index contributed by atoms with van der Waals surface area (Å²) < 4.78 is 15.6. The Bertz CT molecular complexity index is 192. The fourth-order valence-corrected chi connectivity index (χ4v) is 2.18. The Hall–Kier alpha value is -0.0200. The smallest absolute Gasteiger partial charge is 0.144 e. The number of rotatable bonds is 2. The van der Waals surface area contributed by atoms with Crippen LogP contribution in [0.3, 0.4) is 0 Å². The Morgan fingerprint density at radius 2 is 1.79 bits per heavy atom. The molecule has 1 aliphatic rings. The SMILES string of the molecule is CC(C)(C)[S@+]([O-])/N=C/C1CCCCC1. The van der Waals surface area contributed by atoms with E-state index < -0.39 is 11.4 Å². The molecule has 0 saturated heterocycles. The van der Waals surface area contributed by atoms with Gasteiger partial charge in [-0.25, -0.2) is 0 Å². The van der Waals surface area contributed by atoms with Gasteiger partial charge in [0.1, 0.15) is 16.1 Å². The van der Waals surface area contributed by atoms with Gasteiger partial charge in [-0.15, -0.1) is 0 Å². The number of hydrogen-bond acceptors (Lipinski definition) is 2. The topological polar surface area (TPSA) is 35.4 Å². The molecule has 1 atom stereocenters. The van der Waals surface area contributed by atoms with Gasteiger partial charge in [0.25, 0.3) is 0 Å². The average molecular weight is 215 g/mol. The van der Waals surface area contributed by atoms with Crippen LogP contribution in [0.25, 0.3) is 0 Å². The molecule has 2 nitrogen and oxygen atoms in total. The minimum absolute atomic E-state index is 0.217. The Morgan fingerprint density at radius 3 is 2.29 bits per heavy atom. The van der Waals surface area contributed by atoms with Gasteiger partial charge in [-0.1, -0.05) is 23.7 Å². The monoisotopic (exact) mass is 215 g/mol. The van der Waals surface area contributed by atoms with Crippen LogP contribution in [0.2, 0.25) is 0 Å². The molecule has 0 bridgehead atoms. The zero-order chi connectivity index (χ0) is 10.6. The van der Waals surface area contributed by atoms with Crippen LogP contribution in [0.1, 0.15) is 52.9 Å². The van der Waals surface area contributed by atoms with Crippen molar-refractivity contribution in [1.82, 2.24) is 0 Å². The molecule has 1 fully saturated rings. The van der Waals surface area contributed by atoms with E-state index in [2.05, 4.69) is 4.40 Å². The maximum Gasteiger partial charge on any atom is 0.144 e. The predicted octanol–water partition coefficient (Wildman–Crippen LogP) is 3.10. The van der Waals surface area contributed by atoms with Gasteiger partial charge < -0.3 is 4.55 Å². The minimum atomic E-state index is -1.07. The van der Waals surface area contributed by atoms with Gasteiger partial charge in [0, 0.05) is 0 Å². The zero-order valence-corrected chi connectivity index (χ0v) is 10.3. The Labute approximate surface area is 90.5 Å². The first kappa shape index (κ1) is 12.1. The molecule has 0 aromatic heterocycles. The highest BCUT2D eigenvalue weighted by atomic mass is 32.2. The van der Waals surface area contributed by atoms with Crippen molar-refractivity contribution in [3.05, 3.63) is 0 Å². The Kier molecular flexibility index (Phi) is 4.45. The molecule has 0 N–H and O–H groups in total.